The average Bonchev–Trinajstić information content (AvgIpc) is 3.19. The molecule has 32 heavy (non-hydrogen) atoms. The quantitative estimate of drug-likeness (QED) is 0.486. The second-order valence-corrected chi connectivity index (χ2v) is 8.19. The second-order valence-electron chi connectivity index (χ2n) is 8.19. The molecule has 9 heteroatoms. The summed E-state index contributed by atoms with van der Waals surface area (Å²) in [7, 11) is 1.77. The molecule has 0 spiro atoms. The second kappa shape index (κ2) is 9.35. The zero-order chi connectivity index (χ0) is 22.7. The highest BCUT2D eigenvalue weighted by atomic mass is 16.5. The molecule has 0 aliphatic carbocycles. The standard InChI is InChI=1S/C23H30N8O/c1-15(2)31-14-18(19(25)4-8-24)17-13-27-22(12-20(17)31)28-21-5-9-26-23(29-21)30-10-6-16(32-3)7-11-30/h4-5,8-9,12-16,25H,6-7,10-11,24H2,1-3H3,(H,26,27,28,29)/b8-4-,25-19?. The molecule has 3 aromatic rings. The summed E-state index contributed by atoms with van der Waals surface area (Å²) >= 11 is 0. The summed E-state index contributed by atoms with van der Waals surface area (Å²) in [5.74, 6) is 2.09. The molecule has 1 fully saturated rings. The molecule has 1 saturated heterocycles. The van der Waals surface area contributed by atoms with E-state index in [1.165, 1.54) is 6.20 Å². The van der Waals surface area contributed by atoms with Crippen LogP contribution in [0.1, 0.15) is 38.3 Å². The predicted molar refractivity (Wildman–Crippen MR) is 128 cm³/mol. The molecule has 0 saturated carbocycles. The summed E-state index contributed by atoms with van der Waals surface area (Å²) in [4.78, 5) is 15.9. The van der Waals surface area contributed by atoms with Gasteiger partial charge >= 0.3 is 0 Å². The fraction of sp³-hybridized carbons (Fsp3) is 0.391. The average molecular weight is 435 g/mol. The molecule has 9 nitrogen and oxygen atoms in total. The van der Waals surface area contributed by atoms with Gasteiger partial charge in [0, 0.05) is 61.8 Å². The van der Waals surface area contributed by atoms with E-state index in [2.05, 4.69) is 38.6 Å². The fourth-order valence-corrected chi connectivity index (χ4v) is 4.03. The van der Waals surface area contributed by atoms with Crippen LogP contribution in [0, 0.1) is 5.41 Å². The number of methoxy groups -OCH3 is 1. The third kappa shape index (κ3) is 4.43. The number of hydrogen-bond donors (Lipinski definition) is 3. The highest BCUT2D eigenvalue weighted by Gasteiger charge is 2.21. The minimum Gasteiger partial charge on any atom is -0.405 e. The van der Waals surface area contributed by atoms with E-state index in [0.717, 1.165) is 42.4 Å². The monoisotopic (exact) mass is 434 g/mol. The number of nitrogens with zero attached hydrogens (tertiary/aromatic N) is 5. The van der Waals surface area contributed by atoms with Gasteiger partial charge in [0.25, 0.3) is 0 Å². The number of allylic oxidation sites excluding steroid dienone is 1. The Labute approximate surface area is 187 Å². The van der Waals surface area contributed by atoms with Crippen molar-refractivity contribution in [2.75, 3.05) is 30.4 Å². The smallest absolute Gasteiger partial charge is 0.227 e. The maximum absolute atomic E-state index is 8.29. The molecular weight excluding hydrogens is 404 g/mol. The molecule has 168 valence electrons. The zero-order valence-corrected chi connectivity index (χ0v) is 18.7. The van der Waals surface area contributed by atoms with Crippen molar-refractivity contribution in [2.45, 2.75) is 38.8 Å². The molecule has 3 aromatic heterocycles. The molecule has 1 aliphatic heterocycles. The Morgan fingerprint density at radius 3 is 2.75 bits per heavy atom. The molecule has 4 N–H and O–H groups in total. The van der Waals surface area contributed by atoms with Crippen molar-refractivity contribution in [3.05, 3.63) is 48.6 Å². The zero-order valence-electron chi connectivity index (χ0n) is 18.7. The first-order valence-corrected chi connectivity index (χ1v) is 10.9. The van der Waals surface area contributed by atoms with Crippen LogP contribution in [0.4, 0.5) is 17.6 Å². The van der Waals surface area contributed by atoms with Crippen LogP contribution in [0.15, 0.2) is 43.0 Å². The van der Waals surface area contributed by atoms with Gasteiger partial charge in [0.2, 0.25) is 5.95 Å². The van der Waals surface area contributed by atoms with E-state index in [9.17, 15) is 0 Å². The maximum atomic E-state index is 8.29. The lowest BCUT2D eigenvalue weighted by Crippen LogP contribution is -2.37. The Morgan fingerprint density at radius 2 is 2.06 bits per heavy atom. The van der Waals surface area contributed by atoms with Crippen LogP contribution in [0.3, 0.4) is 0 Å². The fourth-order valence-electron chi connectivity index (χ4n) is 4.03. The molecule has 0 bridgehead atoms. The van der Waals surface area contributed by atoms with Crippen LogP contribution < -0.4 is 16.0 Å². The lowest BCUT2D eigenvalue weighted by atomic mass is 10.1. The van der Waals surface area contributed by atoms with Crippen LogP contribution in [0.25, 0.3) is 10.9 Å². The molecule has 0 amide bonds. The highest BCUT2D eigenvalue weighted by molar-refractivity contribution is 6.14. The van der Waals surface area contributed by atoms with Crippen LogP contribution in [-0.2, 0) is 4.74 Å². The number of aromatic nitrogens is 4. The Balaban J connectivity index is 1.60. The van der Waals surface area contributed by atoms with Crippen LogP contribution in [0.5, 0.6) is 0 Å². The Morgan fingerprint density at radius 1 is 1.28 bits per heavy atom. The van der Waals surface area contributed by atoms with E-state index in [1.54, 1.807) is 25.6 Å². The van der Waals surface area contributed by atoms with E-state index in [1.807, 2.05) is 18.3 Å². The summed E-state index contributed by atoms with van der Waals surface area (Å²) < 4.78 is 7.60. The van der Waals surface area contributed by atoms with Gasteiger partial charge < -0.3 is 30.7 Å². The van der Waals surface area contributed by atoms with Gasteiger partial charge in [-0.05, 0) is 45.0 Å². The number of pyridine rings is 1. The SMILES string of the molecule is COC1CCN(c2nccc(Nc3cc4c(cn3)c(C(=N)/C=C\N)cn4C(C)C)n2)CC1. The number of fused-ring (bicyclic) bond motifs is 1. The lowest BCUT2D eigenvalue weighted by Gasteiger charge is -2.31. The molecule has 0 aromatic carbocycles. The molecular formula is C23H30N8O. The minimum atomic E-state index is 0.233. The number of nitrogens with one attached hydrogen (secondary N) is 2. The minimum absolute atomic E-state index is 0.233. The van der Waals surface area contributed by atoms with Gasteiger partial charge in [-0.2, -0.15) is 4.98 Å². The van der Waals surface area contributed by atoms with Crippen LogP contribution in [0.2, 0.25) is 0 Å². The van der Waals surface area contributed by atoms with Crippen molar-refractivity contribution >= 4 is 34.2 Å². The van der Waals surface area contributed by atoms with E-state index in [4.69, 9.17) is 20.9 Å². The summed E-state index contributed by atoms with van der Waals surface area (Å²) in [5.41, 5.74) is 7.65. The van der Waals surface area contributed by atoms with E-state index < -0.39 is 0 Å². The van der Waals surface area contributed by atoms with Crippen molar-refractivity contribution in [2.24, 2.45) is 5.73 Å². The highest BCUT2D eigenvalue weighted by Crippen LogP contribution is 2.28. The third-order valence-electron chi connectivity index (χ3n) is 5.79. The summed E-state index contributed by atoms with van der Waals surface area (Å²) in [6.07, 6.45) is 10.8. The topological polar surface area (TPSA) is 118 Å². The van der Waals surface area contributed by atoms with Gasteiger partial charge in [0.1, 0.15) is 11.6 Å². The Bertz CT molecular complexity index is 1130. The Hall–Kier alpha value is -3.46. The number of piperidine rings is 1. The maximum Gasteiger partial charge on any atom is 0.227 e. The van der Waals surface area contributed by atoms with Crippen molar-refractivity contribution < 1.29 is 4.74 Å². The first kappa shape index (κ1) is 21.8. The number of nitrogens with two attached hydrogens (primary N) is 1. The predicted octanol–water partition coefficient (Wildman–Crippen LogP) is 3.61. The van der Waals surface area contributed by atoms with Crippen LogP contribution in [-0.4, -0.2) is 51.5 Å². The number of ether oxygens (including phenoxy) is 1. The van der Waals surface area contributed by atoms with E-state index in [0.29, 0.717) is 29.4 Å². The molecule has 0 atom stereocenters. The Kier molecular flexibility index (Phi) is 6.36. The summed E-state index contributed by atoms with van der Waals surface area (Å²) in [5, 5.41) is 12.5. The van der Waals surface area contributed by atoms with E-state index >= 15 is 0 Å². The van der Waals surface area contributed by atoms with Crippen molar-refractivity contribution in [1.29, 1.82) is 5.41 Å². The van der Waals surface area contributed by atoms with Gasteiger partial charge in [0.15, 0.2) is 0 Å². The lowest BCUT2D eigenvalue weighted by molar-refractivity contribution is 0.0816. The van der Waals surface area contributed by atoms with Gasteiger partial charge in [-0.25, -0.2) is 9.97 Å². The molecule has 4 rings (SSSR count). The van der Waals surface area contributed by atoms with E-state index in [-0.39, 0.29) is 6.04 Å². The molecule has 0 unspecified atom stereocenters. The first-order chi connectivity index (χ1) is 15.5. The van der Waals surface area contributed by atoms with Gasteiger partial charge in [-0.15, -0.1) is 0 Å². The van der Waals surface area contributed by atoms with Gasteiger partial charge in [-0.1, -0.05) is 0 Å². The molecule has 1 aliphatic rings. The summed E-state index contributed by atoms with van der Waals surface area (Å²) in [6.45, 7) is 5.98. The van der Waals surface area contributed by atoms with Gasteiger partial charge in [-0.3, -0.25) is 0 Å². The first-order valence-electron chi connectivity index (χ1n) is 10.9. The third-order valence-corrected chi connectivity index (χ3v) is 5.79. The number of rotatable bonds is 7. The number of hydrogen-bond acceptors (Lipinski definition) is 8. The van der Waals surface area contributed by atoms with Crippen LogP contribution >= 0.6 is 0 Å². The largest absolute Gasteiger partial charge is 0.405 e. The van der Waals surface area contributed by atoms with Crippen molar-refractivity contribution in [3.63, 3.8) is 0 Å². The molecule has 4 heterocycles. The van der Waals surface area contributed by atoms with Gasteiger partial charge in [0.05, 0.1) is 17.3 Å². The normalized spacial score (nSPS) is 15.2. The number of anilines is 3. The van der Waals surface area contributed by atoms with Crippen molar-refractivity contribution in [3.8, 4) is 0 Å². The molecule has 0 radical (unpaired) electrons. The van der Waals surface area contributed by atoms with Crippen molar-refractivity contribution in [1.82, 2.24) is 19.5 Å². The summed E-state index contributed by atoms with van der Waals surface area (Å²) in [6, 6.07) is 4.06.